The Hall–Kier alpha value is -2.10. The smallest absolute Gasteiger partial charge is 0.227 e. The largest absolute Gasteiger partial charge is 0.393 e. The van der Waals surface area contributed by atoms with Gasteiger partial charge in [-0.15, -0.1) is 11.3 Å². The van der Waals surface area contributed by atoms with Gasteiger partial charge < -0.3 is 20.6 Å². The van der Waals surface area contributed by atoms with Crippen LogP contribution in [0.2, 0.25) is 5.02 Å². The van der Waals surface area contributed by atoms with E-state index in [1.54, 1.807) is 6.20 Å². The minimum atomic E-state index is -1.75. The maximum Gasteiger partial charge on any atom is 0.227 e. The van der Waals surface area contributed by atoms with Gasteiger partial charge in [0.05, 0.1) is 35.5 Å². The molecule has 136 valence electrons. The van der Waals surface area contributed by atoms with Crippen molar-refractivity contribution in [1.82, 2.24) is 15.0 Å². The van der Waals surface area contributed by atoms with Crippen LogP contribution >= 0.6 is 22.9 Å². The highest BCUT2D eigenvalue weighted by atomic mass is 35.5. The fourth-order valence-electron chi connectivity index (χ4n) is 2.31. The van der Waals surface area contributed by atoms with Crippen molar-refractivity contribution in [3.63, 3.8) is 0 Å². The molecule has 0 saturated heterocycles. The van der Waals surface area contributed by atoms with E-state index in [9.17, 15) is 15.3 Å². The molecule has 0 spiro atoms. The van der Waals surface area contributed by atoms with E-state index in [1.165, 1.54) is 23.7 Å². The number of halogens is 1. The molecule has 0 amide bonds. The average Bonchev–Trinajstić information content (AvgIpc) is 3.13. The zero-order valence-electron chi connectivity index (χ0n) is 13.8. The van der Waals surface area contributed by atoms with E-state index in [2.05, 4.69) is 20.3 Å². The lowest BCUT2D eigenvalue weighted by molar-refractivity contribution is -0.0599. The number of aryl methyl sites for hydroxylation is 1. The average molecular weight is 393 g/mol. The van der Waals surface area contributed by atoms with Gasteiger partial charge in [-0.2, -0.15) is 0 Å². The van der Waals surface area contributed by atoms with Crippen LogP contribution in [0.25, 0.3) is 10.4 Å². The first-order valence-electron chi connectivity index (χ1n) is 7.70. The number of nitrogens with one attached hydrogen (secondary N) is 1. The molecule has 0 aliphatic heterocycles. The molecule has 2 aromatic heterocycles. The Bertz CT molecular complexity index is 897. The predicted molar refractivity (Wildman–Crippen MR) is 101 cm³/mol. The maximum atomic E-state index is 10.2. The van der Waals surface area contributed by atoms with Gasteiger partial charge in [-0.25, -0.2) is 15.0 Å². The van der Waals surface area contributed by atoms with Crippen molar-refractivity contribution in [3.8, 4) is 10.4 Å². The second-order valence-corrected chi connectivity index (χ2v) is 7.28. The Morgan fingerprint density at radius 3 is 2.42 bits per heavy atom. The van der Waals surface area contributed by atoms with E-state index >= 15 is 0 Å². The highest BCUT2D eigenvalue weighted by Gasteiger charge is 2.31. The molecule has 3 rings (SSSR count). The van der Waals surface area contributed by atoms with Crippen molar-refractivity contribution >= 4 is 34.6 Å². The number of rotatable bonds is 6. The van der Waals surface area contributed by atoms with E-state index in [4.69, 9.17) is 11.6 Å². The molecule has 2 heterocycles. The molecule has 0 aliphatic rings. The Morgan fingerprint density at radius 1 is 1.08 bits per heavy atom. The summed E-state index contributed by atoms with van der Waals surface area (Å²) >= 11 is 7.00. The predicted octanol–water partition coefficient (Wildman–Crippen LogP) is 2.48. The zero-order valence-corrected chi connectivity index (χ0v) is 15.4. The molecule has 0 bridgehead atoms. The SMILES string of the molecule is Cc1cc(Nc2ncc(Cl)cn2)cc(-c2cnc(C(O)(CO)CO)s2)c1. The van der Waals surface area contributed by atoms with Crippen molar-refractivity contribution in [2.45, 2.75) is 12.5 Å². The molecule has 0 fully saturated rings. The molecule has 9 heteroatoms. The van der Waals surface area contributed by atoms with Crippen LogP contribution < -0.4 is 5.32 Å². The van der Waals surface area contributed by atoms with Gasteiger partial charge in [0.15, 0.2) is 5.60 Å². The molecule has 4 N–H and O–H groups in total. The third kappa shape index (κ3) is 4.00. The van der Waals surface area contributed by atoms with Gasteiger partial charge in [-0.3, -0.25) is 0 Å². The molecular formula is C17H17ClN4O3S. The van der Waals surface area contributed by atoms with Gasteiger partial charge in [0.25, 0.3) is 0 Å². The lowest BCUT2D eigenvalue weighted by Gasteiger charge is -2.19. The third-order valence-corrected chi connectivity index (χ3v) is 5.10. The first-order valence-corrected chi connectivity index (χ1v) is 8.90. The Labute approximate surface area is 159 Å². The number of benzene rings is 1. The summed E-state index contributed by atoms with van der Waals surface area (Å²) < 4.78 is 0. The number of anilines is 2. The van der Waals surface area contributed by atoms with Gasteiger partial charge in [0, 0.05) is 11.9 Å². The monoisotopic (exact) mass is 392 g/mol. The number of nitrogens with zero attached hydrogens (tertiary/aromatic N) is 3. The van der Waals surface area contributed by atoms with Gasteiger partial charge in [-0.1, -0.05) is 17.7 Å². The van der Waals surface area contributed by atoms with Crippen LogP contribution in [0.4, 0.5) is 11.6 Å². The maximum absolute atomic E-state index is 10.2. The highest BCUT2D eigenvalue weighted by molar-refractivity contribution is 7.15. The molecule has 0 unspecified atom stereocenters. The second kappa shape index (κ2) is 7.65. The number of aromatic nitrogens is 3. The summed E-state index contributed by atoms with van der Waals surface area (Å²) in [4.78, 5) is 13.2. The quantitative estimate of drug-likeness (QED) is 0.510. The minimum Gasteiger partial charge on any atom is -0.393 e. The molecule has 26 heavy (non-hydrogen) atoms. The normalized spacial score (nSPS) is 11.6. The fourth-order valence-corrected chi connectivity index (χ4v) is 3.38. The lowest BCUT2D eigenvalue weighted by Crippen LogP contribution is -2.34. The number of hydrogen-bond acceptors (Lipinski definition) is 8. The summed E-state index contributed by atoms with van der Waals surface area (Å²) in [5.74, 6) is 0.422. The highest BCUT2D eigenvalue weighted by Crippen LogP contribution is 2.34. The van der Waals surface area contributed by atoms with Crippen molar-refractivity contribution in [2.75, 3.05) is 18.5 Å². The standard InChI is InChI=1S/C17H17ClN4O3S/c1-10-2-11(14-7-19-15(26-14)17(25,8-23)9-24)4-13(3-10)22-16-20-5-12(18)6-21-16/h2-7,23-25H,8-9H2,1H3,(H,20,21,22). The molecular weight excluding hydrogens is 376 g/mol. The molecule has 1 aromatic carbocycles. The Kier molecular flexibility index (Phi) is 5.49. The first kappa shape index (κ1) is 18.7. The Balaban J connectivity index is 1.90. The number of aliphatic hydroxyl groups excluding tert-OH is 2. The summed E-state index contributed by atoms with van der Waals surface area (Å²) in [5, 5.41) is 32.7. The topological polar surface area (TPSA) is 111 Å². The summed E-state index contributed by atoms with van der Waals surface area (Å²) in [7, 11) is 0. The molecule has 0 saturated carbocycles. The van der Waals surface area contributed by atoms with Crippen LogP contribution in [0.15, 0.2) is 36.8 Å². The molecule has 0 radical (unpaired) electrons. The van der Waals surface area contributed by atoms with Crippen molar-refractivity contribution in [3.05, 3.63) is 52.4 Å². The number of aliphatic hydroxyl groups is 3. The second-order valence-electron chi connectivity index (χ2n) is 5.82. The van der Waals surface area contributed by atoms with Crippen molar-refractivity contribution in [1.29, 1.82) is 0 Å². The fraction of sp³-hybridized carbons (Fsp3) is 0.235. The van der Waals surface area contributed by atoms with Crippen molar-refractivity contribution in [2.24, 2.45) is 0 Å². The summed E-state index contributed by atoms with van der Waals surface area (Å²) in [6.07, 6.45) is 4.62. The van der Waals surface area contributed by atoms with Gasteiger partial charge in [0.2, 0.25) is 5.95 Å². The third-order valence-electron chi connectivity index (χ3n) is 3.67. The van der Waals surface area contributed by atoms with E-state index in [0.717, 1.165) is 21.7 Å². The molecule has 3 aromatic rings. The molecule has 7 nitrogen and oxygen atoms in total. The van der Waals surface area contributed by atoms with Crippen LogP contribution in [0, 0.1) is 6.92 Å². The summed E-state index contributed by atoms with van der Waals surface area (Å²) in [5.41, 5.74) is 0.930. The molecule has 0 aliphatic carbocycles. The van der Waals surface area contributed by atoms with Gasteiger partial charge in [-0.05, 0) is 30.2 Å². The van der Waals surface area contributed by atoms with Gasteiger partial charge in [0.1, 0.15) is 5.01 Å². The van der Waals surface area contributed by atoms with E-state index < -0.39 is 18.8 Å². The first-order chi connectivity index (χ1) is 12.4. The molecule has 0 atom stereocenters. The van der Waals surface area contributed by atoms with Crippen LogP contribution in [0.1, 0.15) is 10.6 Å². The van der Waals surface area contributed by atoms with E-state index in [0.29, 0.717) is 11.0 Å². The number of hydrogen-bond donors (Lipinski definition) is 4. The lowest BCUT2D eigenvalue weighted by atomic mass is 10.1. The van der Waals surface area contributed by atoms with Crippen LogP contribution in [0.3, 0.4) is 0 Å². The van der Waals surface area contributed by atoms with E-state index in [-0.39, 0.29) is 5.01 Å². The summed E-state index contributed by atoms with van der Waals surface area (Å²) in [6, 6.07) is 5.82. The Morgan fingerprint density at radius 2 is 1.77 bits per heavy atom. The van der Waals surface area contributed by atoms with Crippen LogP contribution in [0.5, 0.6) is 0 Å². The van der Waals surface area contributed by atoms with Crippen LogP contribution in [-0.4, -0.2) is 43.5 Å². The zero-order chi connectivity index (χ0) is 18.7. The van der Waals surface area contributed by atoms with Gasteiger partial charge >= 0.3 is 0 Å². The van der Waals surface area contributed by atoms with Crippen molar-refractivity contribution < 1.29 is 15.3 Å². The number of thiazole rings is 1. The summed E-state index contributed by atoms with van der Waals surface area (Å²) in [6.45, 7) is 0.743. The minimum absolute atomic E-state index is 0.259. The van der Waals surface area contributed by atoms with Crippen LogP contribution in [-0.2, 0) is 5.60 Å². The van der Waals surface area contributed by atoms with E-state index in [1.807, 2.05) is 25.1 Å².